The van der Waals surface area contributed by atoms with Gasteiger partial charge in [-0.05, 0) is 25.1 Å². The number of aliphatic carboxylic acids is 1. The van der Waals surface area contributed by atoms with Gasteiger partial charge in [-0.3, -0.25) is 4.79 Å². The van der Waals surface area contributed by atoms with Crippen LogP contribution in [0.3, 0.4) is 0 Å². The van der Waals surface area contributed by atoms with Crippen LogP contribution >= 0.6 is 11.6 Å². The van der Waals surface area contributed by atoms with Crippen molar-refractivity contribution in [2.24, 2.45) is 0 Å². The molecule has 3 aromatic rings. The van der Waals surface area contributed by atoms with Gasteiger partial charge in [0.05, 0.1) is 6.20 Å². The van der Waals surface area contributed by atoms with Gasteiger partial charge in [-0.1, -0.05) is 11.6 Å². The van der Waals surface area contributed by atoms with Crippen LogP contribution in [0.15, 0.2) is 30.6 Å². The summed E-state index contributed by atoms with van der Waals surface area (Å²) in [5.41, 5.74) is 1.49. The van der Waals surface area contributed by atoms with Crippen LogP contribution in [0.5, 0.6) is 0 Å². The molecule has 0 aliphatic carbocycles. The predicted molar refractivity (Wildman–Crippen MR) is 85.0 cm³/mol. The minimum Gasteiger partial charge on any atom is -0.480 e. The monoisotopic (exact) mass is 334 g/mol. The highest BCUT2D eigenvalue weighted by Gasteiger charge is 2.17. The maximum atomic E-state index is 13.8. The van der Waals surface area contributed by atoms with Gasteiger partial charge in [0.1, 0.15) is 6.04 Å². The summed E-state index contributed by atoms with van der Waals surface area (Å²) >= 11 is 6.00. The van der Waals surface area contributed by atoms with Gasteiger partial charge < -0.3 is 15.4 Å². The van der Waals surface area contributed by atoms with Crippen molar-refractivity contribution in [3.8, 4) is 11.4 Å². The fourth-order valence-corrected chi connectivity index (χ4v) is 2.31. The van der Waals surface area contributed by atoms with E-state index in [-0.39, 0.29) is 11.6 Å². The molecular formula is C15H12ClFN4O2. The van der Waals surface area contributed by atoms with Crippen LogP contribution in [0.2, 0.25) is 5.02 Å². The molecule has 1 atom stereocenters. The van der Waals surface area contributed by atoms with Gasteiger partial charge in [-0.15, -0.1) is 0 Å². The number of fused-ring (bicyclic) bond motifs is 1. The van der Waals surface area contributed by atoms with E-state index in [1.165, 1.54) is 6.92 Å². The molecule has 0 spiro atoms. The molecule has 0 saturated heterocycles. The lowest BCUT2D eigenvalue weighted by molar-refractivity contribution is -0.137. The number of benzene rings is 1. The number of H-pyrrole nitrogens is 1. The third-order valence-electron chi connectivity index (χ3n) is 3.35. The van der Waals surface area contributed by atoms with Crippen LogP contribution < -0.4 is 5.32 Å². The molecule has 0 aliphatic heterocycles. The highest BCUT2D eigenvalue weighted by Crippen LogP contribution is 2.29. The van der Waals surface area contributed by atoms with Crippen molar-refractivity contribution in [1.29, 1.82) is 0 Å². The topological polar surface area (TPSA) is 90.9 Å². The number of nitrogens with zero attached hydrogens (tertiary/aromatic N) is 2. The first-order valence-electron chi connectivity index (χ1n) is 6.74. The number of nitrogens with one attached hydrogen (secondary N) is 2. The molecule has 2 heterocycles. The fourth-order valence-electron chi connectivity index (χ4n) is 2.14. The molecule has 0 fully saturated rings. The number of carboxylic acid groups (broad SMARTS) is 1. The maximum absolute atomic E-state index is 13.8. The fraction of sp³-hybridized carbons (Fsp3) is 0.133. The Hall–Kier alpha value is -2.67. The second-order valence-corrected chi connectivity index (χ2v) is 5.42. The summed E-state index contributed by atoms with van der Waals surface area (Å²) < 4.78 is 13.8. The van der Waals surface area contributed by atoms with Crippen LogP contribution in [-0.2, 0) is 4.79 Å². The zero-order valence-corrected chi connectivity index (χ0v) is 12.7. The van der Waals surface area contributed by atoms with E-state index in [4.69, 9.17) is 16.7 Å². The van der Waals surface area contributed by atoms with Crippen molar-refractivity contribution in [2.75, 3.05) is 5.32 Å². The van der Waals surface area contributed by atoms with Crippen molar-refractivity contribution in [1.82, 2.24) is 15.0 Å². The first kappa shape index (κ1) is 15.2. The van der Waals surface area contributed by atoms with Crippen molar-refractivity contribution in [3.05, 3.63) is 41.4 Å². The Morgan fingerprint density at radius 1 is 1.48 bits per heavy atom. The molecule has 118 valence electrons. The molecule has 0 bridgehead atoms. The first-order valence-corrected chi connectivity index (χ1v) is 7.12. The Morgan fingerprint density at radius 3 is 3.00 bits per heavy atom. The Morgan fingerprint density at radius 2 is 2.26 bits per heavy atom. The van der Waals surface area contributed by atoms with E-state index in [9.17, 15) is 9.18 Å². The van der Waals surface area contributed by atoms with Crippen molar-refractivity contribution < 1.29 is 14.3 Å². The quantitative estimate of drug-likeness (QED) is 0.681. The van der Waals surface area contributed by atoms with Gasteiger partial charge >= 0.3 is 5.97 Å². The minimum absolute atomic E-state index is 0.165. The zero-order valence-electron chi connectivity index (χ0n) is 12.0. The molecule has 23 heavy (non-hydrogen) atoms. The molecule has 3 N–H and O–H groups in total. The summed E-state index contributed by atoms with van der Waals surface area (Å²) in [5, 5.41) is 12.8. The van der Waals surface area contributed by atoms with E-state index in [2.05, 4.69) is 20.3 Å². The van der Waals surface area contributed by atoms with Crippen LogP contribution in [0.4, 0.5) is 10.2 Å². The molecule has 8 heteroatoms. The maximum Gasteiger partial charge on any atom is 0.325 e. The van der Waals surface area contributed by atoms with Gasteiger partial charge in [-0.2, -0.15) is 0 Å². The first-order chi connectivity index (χ1) is 11.0. The summed E-state index contributed by atoms with van der Waals surface area (Å²) in [6, 6.07) is 4.33. The predicted octanol–water partition coefficient (Wildman–Crippen LogP) is 3.30. The van der Waals surface area contributed by atoms with E-state index >= 15 is 0 Å². The van der Waals surface area contributed by atoms with Gasteiger partial charge in [0.15, 0.2) is 17.5 Å². The smallest absolute Gasteiger partial charge is 0.325 e. The molecule has 0 radical (unpaired) electrons. The highest BCUT2D eigenvalue weighted by molar-refractivity contribution is 6.31. The van der Waals surface area contributed by atoms with Crippen LogP contribution in [0, 0.1) is 5.82 Å². The average Bonchev–Trinajstić information content (AvgIpc) is 2.92. The number of halogens is 2. The third kappa shape index (κ3) is 2.95. The number of aromatic nitrogens is 3. The third-order valence-corrected chi connectivity index (χ3v) is 3.59. The Kier molecular flexibility index (Phi) is 3.87. The SMILES string of the molecule is C[C@H](Nc1nc(-c2c[nH]c3ccc(Cl)cc23)ncc1F)C(=O)O. The summed E-state index contributed by atoms with van der Waals surface area (Å²) in [5.74, 6) is -1.73. The van der Waals surface area contributed by atoms with Crippen molar-refractivity contribution in [2.45, 2.75) is 13.0 Å². The second-order valence-electron chi connectivity index (χ2n) is 4.99. The van der Waals surface area contributed by atoms with Gasteiger partial charge in [0, 0.05) is 27.7 Å². The molecule has 6 nitrogen and oxygen atoms in total. The van der Waals surface area contributed by atoms with Gasteiger partial charge in [0.2, 0.25) is 0 Å². The normalized spacial score (nSPS) is 12.3. The second kappa shape index (κ2) is 5.85. The van der Waals surface area contributed by atoms with Crippen LogP contribution in [0.1, 0.15) is 6.92 Å². The lowest BCUT2D eigenvalue weighted by Gasteiger charge is -2.11. The van der Waals surface area contributed by atoms with Crippen LogP contribution in [-0.4, -0.2) is 32.1 Å². The number of anilines is 1. The highest BCUT2D eigenvalue weighted by atomic mass is 35.5. The molecule has 3 rings (SSSR count). The minimum atomic E-state index is -1.11. The Labute approximate surface area is 135 Å². The van der Waals surface area contributed by atoms with Gasteiger partial charge in [-0.25, -0.2) is 14.4 Å². The van der Waals surface area contributed by atoms with Crippen molar-refractivity contribution in [3.63, 3.8) is 0 Å². The Balaban J connectivity index is 2.05. The number of hydrogen-bond acceptors (Lipinski definition) is 4. The van der Waals surface area contributed by atoms with Gasteiger partial charge in [0.25, 0.3) is 0 Å². The molecule has 0 aliphatic rings. The summed E-state index contributed by atoms with van der Waals surface area (Å²) in [4.78, 5) is 22.0. The molecule has 0 amide bonds. The van der Waals surface area contributed by atoms with E-state index in [1.54, 1.807) is 18.3 Å². The van der Waals surface area contributed by atoms with E-state index < -0.39 is 17.8 Å². The average molecular weight is 335 g/mol. The van der Waals surface area contributed by atoms with Crippen LogP contribution in [0.25, 0.3) is 22.3 Å². The lowest BCUT2D eigenvalue weighted by Crippen LogP contribution is -2.26. The number of aromatic amines is 1. The molecule has 0 saturated carbocycles. The standard InChI is InChI=1S/C15H12ClFN4O2/c1-7(15(22)23)20-14-11(17)6-19-13(21-14)10-5-18-12-3-2-8(16)4-9(10)12/h2-7,18H,1H3,(H,22,23)(H,19,20,21)/t7-/m0/s1. The van der Waals surface area contributed by atoms with E-state index in [0.717, 1.165) is 17.1 Å². The Bertz CT molecular complexity index is 896. The summed E-state index contributed by atoms with van der Waals surface area (Å²) in [7, 11) is 0. The number of carbonyl (C=O) groups is 1. The van der Waals surface area contributed by atoms with E-state index in [1.807, 2.05) is 6.07 Å². The largest absolute Gasteiger partial charge is 0.480 e. The number of rotatable bonds is 4. The summed E-state index contributed by atoms with van der Waals surface area (Å²) in [6.45, 7) is 1.40. The number of carboxylic acids is 1. The molecular weight excluding hydrogens is 323 g/mol. The van der Waals surface area contributed by atoms with Crippen molar-refractivity contribution >= 4 is 34.3 Å². The molecule has 0 unspecified atom stereocenters. The number of hydrogen-bond donors (Lipinski definition) is 3. The zero-order chi connectivity index (χ0) is 16.6. The van der Waals surface area contributed by atoms with E-state index in [0.29, 0.717) is 10.6 Å². The summed E-state index contributed by atoms with van der Waals surface area (Å²) in [6.07, 6.45) is 2.70. The molecule has 1 aromatic carbocycles. The molecule has 2 aromatic heterocycles. The lowest BCUT2D eigenvalue weighted by atomic mass is 10.1.